The Morgan fingerprint density at radius 1 is 1.44 bits per heavy atom. The van der Waals surface area contributed by atoms with Gasteiger partial charge in [-0.05, 0) is 11.5 Å². The van der Waals surface area contributed by atoms with E-state index in [0.717, 1.165) is 6.42 Å². The van der Waals surface area contributed by atoms with Crippen LogP contribution in [0.25, 0.3) is 0 Å². The molecule has 0 bridgehead atoms. The lowest BCUT2D eigenvalue weighted by molar-refractivity contribution is 0.527. The first-order valence-corrected chi connectivity index (χ1v) is 4.04. The number of rotatable bonds is 4. The van der Waals surface area contributed by atoms with Gasteiger partial charge in [-0.15, -0.1) is 6.58 Å². The Bertz CT molecular complexity index is 82.6. The quantitative estimate of drug-likeness (QED) is 0.415. The molecule has 1 heteroatoms. The Morgan fingerprint density at radius 2 is 1.89 bits per heavy atom. The van der Waals surface area contributed by atoms with Gasteiger partial charge in [-0.2, -0.15) is 0 Å². The third-order valence-electron chi connectivity index (χ3n) is 1.89. The molecule has 0 atom stereocenters. The molecule has 0 rings (SSSR count). The van der Waals surface area contributed by atoms with E-state index in [-0.39, 0.29) is 0 Å². The summed E-state index contributed by atoms with van der Waals surface area (Å²) in [6, 6.07) is 0. The maximum atomic E-state index is 3.72. The Morgan fingerprint density at radius 3 is 2.00 bits per heavy atom. The van der Waals surface area contributed by atoms with Gasteiger partial charge in [-0.3, -0.25) is 0 Å². The summed E-state index contributed by atoms with van der Waals surface area (Å²) < 4.78 is 0. The van der Waals surface area contributed by atoms with Crippen LogP contribution in [-0.2, 0) is 0 Å². The average molecular weight is 139 g/mol. The van der Waals surface area contributed by atoms with Crippen molar-refractivity contribution in [3.63, 3.8) is 0 Å². The van der Waals surface area contributed by atoms with E-state index < -0.39 is 0 Å². The predicted molar refractivity (Wildman–Crippen MR) is 43.8 cm³/mol. The van der Waals surface area contributed by atoms with Gasteiger partial charge in [0.1, 0.15) is 0 Å². The van der Waals surface area contributed by atoms with Crippen molar-refractivity contribution >= 4 is 10.2 Å². The summed E-state index contributed by atoms with van der Waals surface area (Å²) in [7, 11) is 3.72. The van der Waals surface area contributed by atoms with Crippen molar-refractivity contribution in [1.82, 2.24) is 0 Å². The predicted octanol–water partition coefficient (Wildman–Crippen LogP) is 2.71. The van der Waals surface area contributed by atoms with Gasteiger partial charge in [-0.1, -0.05) is 32.8 Å². The fraction of sp³-hybridized carbons (Fsp3) is 0.750. The van der Waals surface area contributed by atoms with Crippen molar-refractivity contribution in [1.29, 1.82) is 0 Å². The smallest absolute Gasteiger partial charge is 0.0317 e. The van der Waals surface area contributed by atoms with Gasteiger partial charge in [0.05, 0.1) is 0 Å². The standard InChI is InChI=1S/C8H15Si/c1-4-7-8(9,5-2)6-3/h4H,1,5-7H2,2-3H3. The summed E-state index contributed by atoms with van der Waals surface area (Å²) >= 11 is 0. The molecule has 3 radical (unpaired) electrons. The molecule has 0 saturated carbocycles. The number of hydrogen-bond acceptors (Lipinski definition) is 0. The lowest BCUT2D eigenvalue weighted by Crippen LogP contribution is -2.08. The van der Waals surface area contributed by atoms with E-state index in [1.807, 2.05) is 6.08 Å². The summed E-state index contributed by atoms with van der Waals surface area (Å²) in [6.45, 7) is 8.10. The number of hydrogen-bond donors (Lipinski definition) is 0. The van der Waals surface area contributed by atoms with E-state index in [9.17, 15) is 0 Å². The molecule has 0 heterocycles. The van der Waals surface area contributed by atoms with Gasteiger partial charge in [0.25, 0.3) is 0 Å². The monoisotopic (exact) mass is 139 g/mol. The molecule has 0 aromatic carbocycles. The minimum absolute atomic E-state index is 0.321. The van der Waals surface area contributed by atoms with Crippen molar-refractivity contribution in [2.45, 2.75) is 38.1 Å². The van der Waals surface area contributed by atoms with Crippen molar-refractivity contribution < 1.29 is 0 Å². The Balaban J connectivity index is 3.75. The molecular weight excluding hydrogens is 124 g/mol. The van der Waals surface area contributed by atoms with Crippen LogP contribution in [0.5, 0.6) is 0 Å². The van der Waals surface area contributed by atoms with Crippen molar-refractivity contribution in [2.24, 2.45) is 0 Å². The van der Waals surface area contributed by atoms with E-state index in [1.54, 1.807) is 0 Å². The SMILES string of the molecule is C=CCC([Si])(CC)CC. The number of allylic oxidation sites excluding steroid dienone is 1. The highest BCUT2D eigenvalue weighted by Crippen LogP contribution is 2.34. The third-order valence-corrected chi connectivity index (χ3v) is 2.80. The molecule has 0 amide bonds. The molecule has 0 spiro atoms. The second kappa shape index (κ2) is 3.88. The summed E-state index contributed by atoms with van der Waals surface area (Å²) in [4.78, 5) is 0. The van der Waals surface area contributed by atoms with Gasteiger partial charge >= 0.3 is 0 Å². The summed E-state index contributed by atoms with van der Waals surface area (Å²) in [5, 5.41) is 0.321. The lowest BCUT2D eigenvalue weighted by Gasteiger charge is -2.23. The topological polar surface area (TPSA) is 0 Å². The van der Waals surface area contributed by atoms with Crippen molar-refractivity contribution in [3.8, 4) is 0 Å². The molecule has 0 aromatic heterocycles. The van der Waals surface area contributed by atoms with Crippen LogP contribution in [-0.4, -0.2) is 10.2 Å². The molecule has 0 saturated heterocycles. The van der Waals surface area contributed by atoms with Gasteiger partial charge in [0.15, 0.2) is 0 Å². The van der Waals surface area contributed by atoms with Gasteiger partial charge in [0.2, 0.25) is 0 Å². The zero-order valence-electron chi connectivity index (χ0n) is 6.41. The van der Waals surface area contributed by atoms with E-state index in [0.29, 0.717) is 5.04 Å². The van der Waals surface area contributed by atoms with Crippen LogP contribution in [0, 0.1) is 0 Å². The molecule has 0 nitrogen and oxygen atoms in total. The van der Waals surface area contributed by atoms with E-state index in [2.05, 4.69) is 30.7 Å². The average Bonchev–Trinajstić information content (AvgIpc) is 1.89. The van der Waals surface area contributed by atoms with Crippen LogP contribution in [0.3, 0.4) is 0 Å². The van der Waals surface area contributed by atoms with Crippen LogP contribution in [0.1, 0.15) is 33.1 Å². The fourth-order valence-corrected chi connectivity index (χ4v) is 0.959. The summed E-state index contributed by atoms with van der Waals surface area (Å²) in [5.74, 6) is 0. The molecule has 0 unspecified atom stereocenters. The fourth-order valence-electron chi connectivity index (χ4n) is 0.815. The van der Waals surface area contributed by atoms with Crippen molar-refractivity contribution in [2.75, 3.05) is 0 Å². The molecule has 0 aliphatic heterocycles. The Kier molecular flexibility index (Phi) is 3.87. The highest BCUT2D eigenvalue weighted by atomic mass is 28.1. The highest BCUT2D eigenvalue weighted by Gasteiger charge is 2.16. The molecule has 0 aliphatic rings. The van der Waals surface area contributed by atoms with E-state index in [1.165, 1.54) is 12.8 Å². The van der Waals surface area contributed by atoms with Gasteiger partial charge in [0, 0.05) is 10.2 Å². The summed E-state index contributed by atoms with van der Waals surface area (Å²) in [5.41, 5.74) is 0. The van der Waals surface area contributed by atoms with Crippen LogP contribution in [0.15, 0.2) is 12.7 Å². The second-order valence-corrected chi connectivity index (χ2v) is 3.54. The van der Waals surface area contributed by atoms with Gasteiger partial charge < -0.3 is 0 Å². The molecule has 9 heavy (non-hydrogen) atoms. The van der Waals surface area contributed by atoms with Crippen LogP contribution in [0.2, 0.25) is 5.04 Å². The molecule has 0 N–H and O–H groups in total. The zero-order valence-corrected chi connectivity index (χ0v) is 7.41. The van der Waals surface area contributed by atoms with E-state index in [4.69, 9.17) is 0 Å². The minimum atomic E-state index is 0.321. The Hall–Kier alpha value is -0.0431. The Labute approximate surface area is 61.8 Å². The van der Waals surface area contributed by atoms with Gasteiger partial charge in [-0.25, -0.2) is 0 Å². The molecule has 51 valence electrons. The molecule has 0 aliphatic carbocycles. The largest absolute Gasteiger partial charge is 0.103 e. The zero-order chi connectivity index (χ0) is 7.33. The third kappa shape index (κ3) is 2.85. The summed E-state index contributed by atoms with van der Waals surface area (Å²) in [6.07, 6.45) is 5.38. The highest BCUT2D eigenvalue weighted by molar-refractivity contribution is 6.15. The normalized spacial score (nSPS) is 11.4. The van der Waals surface area contributed by atoms with E-state index >= 15 is 0 Å². The maximum Gasteiger partial charge on any atom is 0.0317 e. The second-order valence-electron chi connectivity index (χ2n) is 2.48. The lowest BCUT2D eigenvalue weighted by atomic mass is 9.98. The van der Waals surface area contributed by atoms with Crippen molar-refractivity contribution in [3.05, 3.63) is 12.7 Å². The van der Waals surface area contributed by atoms with Crippen LogP contribution in [0.4, 0.5) is 0 Å². The molecule has 0 aromatic rings. The first-order chi connectivity index (χ1) is 4.18. The minimum Gasteiger partial charge on any atom is -0.103 e. The van der Waals surface area contributed by atoms with Crippen LogP contribution < -0.4 is 0 Å². The first kappa shape index (κ1) is 8.96. The maximum absolute atomic E-state index is 3.72. The first-order valence-electron chi connectivity index (χ1n) is 3.54. The van der Waals surface area contributed by atoms with Crippen LogP contribution >= 0.6 is 0 Å². The molecule has 0 fully saturated rings. The molecular formula is C8H15Si.